The van der Waals surface area contributed by atoms with Gasteiger partial charge in [-0.05, 0) is 18.5 Å². The van der Waals surface area contributed by atoms with Crippen molar-refractivity contribution in [3.8, 4) is 0 Å². The van der Waals surface area contributed by atoms with E-state index in [1.165, 1.54) is 0 Å². The minimum absolute atomic E-state index is 0.361. The van der Waals surface area contributed by atoms with Crippen molar-refractivity contribution >= 4 is 41.5 Å². The Morgan fingerprint density at radius 1 is 0.645 bits per heavy atom. The second-order valence-electron chi connectivity index (χ2n) is 7.86. The van der Waals surface area contributed by atoms with Crippen LogP contribution >= 0.6 is 15.9 Å². The Kier molecular flexibility index (Phi) is 6.83. The summed E-state index contributed by atoms with van der Waals surface area (Å²) in [5.74, 6) is 0. The summed E-state index contributed by atoms with van der Waals surface area (Å²) in [6.07, 6.45) is 4.00. The van der Waals surface area contributed by atoms with Crippen LogP contribution in [-0.2, 0) is 0 Å². The first kappa shape index (κ1) is 15.7. The van der Waals surface area contributed by atoms with E-state index in [0.717, 1.165) is 41.7 Å². The van der Waals surface area contributed by atoms with Gasteiger partial charge in [0.15, 0.2) is 0 Å². The van der Waals surface area contributed by atoms with Crippen molar-refractivity contribution in [3.63, 3.8) is 0 Å². The van der Waals surface area contributed by atoms with Crippen LogP contribution in [0, 0.1) is 20.6 Å². The molecule has 0 radical (unpaired) electrons. The molecule has 0 bridgehead atoms. The molecular weight excluding hydrogens is 547 g/mol. The summed E-state index contributed by atoms with van der Waals surface area (Å²) >= 11 is -0.461. The molecular formula is C29H39BrSn. The topological polar surface area (TPSA) is 0 Å². The van der Waals surface area contributed by atoms with Crippen LogP contribution in [0.3, 0.4) is 0 Å². The molecule has 3 aromatic carbocycles. The van der Waals surface area contributed by atoms with Gasteiger partial charge in [0.05, 0.1) is 0 Å². The molecule has 0 atom stereocenters. The number of benzene rings is 3. The predicted octanol–water partition coefficient (Wildman–Crippen LogP) is 8.22. The average Bonchev–Trinajstić information content (AvgIpc) is 2.88. The van der Waals surface area contributed by atoms with Crippen molar-refractivity contribution in [2.24, 2.45) is 0 Å². The molecule has 0 saturated carbocycles. The van der Waals surface area contributed by atoms with Crippen molar-refractivity contribution in [2.45, 2.75) is 69.0 Å². The molecule has 0 aliphatic rings. The van der Waals surface area contributed by atoms with Gasteiger partial charge in [-0.1, -0.05) is 34.1 Å². The van der Waals surface area contributed by atoms with Gasteiger partial charge in [-0.15, -0.1) is 0 Å². The summed E-state index contributed by atoms with van der Waals surface area (Å²) in [7, 11) is 0. The van der Waals surface area contributed by atoms with Crippen molar-refractivity contribution in [2.75, 3.05) is 0 Å². The van der Waals surface area contributed by atoms with Gasteiger partial charge in [0.25, 0.3) is 0 Å². The quantitative estimate of drug-likeness (QED) is 0.230. The Morgan fingerprint density at radius 3 is 1.45 bits per heavy atom. The van der Waals surface area contributed by atoms with Crippen LogP contribution in [-0.4, -0.2) is 18.4 Å². The Balaban J connectivity index is 0.000000425. The normalized spacial score (nSPS) is 16.5. The maximum atomic E-state index is 8.14. The van der Waals surface area contributed by atoms with Gasteiger partial charge < -0.3 is 0 Å². The van der Waals surface area contributed by atoms with Crippen molar-refractivity contribution in [1.82, 2.24) is 0 Å². The first-order valence-electron chi connectivity index (χ1n) is 15.5. The number of unbranched alkanes of at least 4 members (excludes halogenated alkanes) is 2. The molecule has 3 aromatic rings. The van der Waals surface area contributed by atoms with Gasteiger partial charge in [0.1, 0.15) is 0 Å². The molecule has 0 heterocycles. The first-order valence-corrected chi connectivity index (χ1v) is 18.7. The van der Waals surface area contributed by atoms with E-state index in [2.05, 4.69) is 29.8 Å². The minimum Gasteiger partial charge on any atom is -0.0619 e. The summed E-state index contributed by atoms with van der Waals surface area (Å²) < 4.78 is 74.6. The number of halogens is 1. The second-order valence-corrected chi connectivity index (χ2v) is 20.8. The molecule has 166 valence electrons. The molecule has 0 aromatic heterocycles. The molecule has 0 nitrogen and oxygen atoms in total. The predicted molar refractivity (Wildman–Crippen MR) is 146 cm³/mol. The first-order chi connectivity index (χ1) is 18.6. The largest absolute Gasteiger partial charge is 0.0619 e. The van der Waals surface area contributed by atoms with Crippen LogP contribution in [0.15, 0.2) is 77.3 Å². The molecule has 31 heavy (non-hydrogen) atoms. The monoisotopic (exact) mass is 595 g/mol. The van der Waals surface area contributed by atoms with Crippen LogP contribution in [0.2, 0.25) is 8.87 Å². The van der Waals surface area contributed by atoms with Crippen LogP contribution in [0.4, 0.5) is 0 Å². The summed E-state index contributed by atoms with van der Waals surface area (Å²) in [6.45, 7) is -2.14. The average molecular weight is 595 g/mol. The summed E-state index contributed by atoms with van der Waals surface area (Å²) in [5.41, 5.74) is 1.20. The molecule has 0 spiro atoms. The Bertz CT molecular complexity index is 1150. The Labute approximate surface area is 216 Å². The molecule has 0 saturated heterocycles. The molecule has 0 unspecified atom stereocenters. The number of aryl methyl sites for hydroxylation is 3. The molecule has 2 heteroatoms. The van der Waals surface area contributed by atoms with E-state index < -0.39 is 38.9 Å². The Morgan fingerprint density at radius 2 is 1.06 bits per heavy atom. The Hall–Kier alpha value is -1.06. The van der Waals surface area contributed by atoms with E-state index in [4.69, 9.17) is 12.3 Å². The molecule has 3 rings (SSSR count). The minimum atomic E-state index is -3.63. The van der Waals surface area contributed by atoms with E-state index in [1.54, 1.807) is 48.5 Å². The number of hydrogen-bond donors (Lipinski definition) is 0. The van der Waals surface area contributed by atoms with Gasteiger partial charge in [0, 0.05) is 8.58 Å². The zero-order valence-corrected chi connectivity index (χ0v) is 23.0. The van der Waals surface area contributed by atoms with Crippen molar-refractivity contribution < 1.29 is 12.3 Å². The zero-order valence-electron chi connectivity index (χ0n) is 27.5. The second kappa shape index (κ2) is 13.5. The van der Waals surface area contributed by atoms with Gasteiger partial charge in [-0.25, -0.2) is 0 Å². The molecule has 0 aliphatic carbocycles. The van der Waals surface area contributed by atoms with E-state index >= 15 is 0 Å². The van der Waals surface area contributed by atoms with Crippen LogP contribution < -0.4 is 7.16 Å². The third kappa shape index (κ3) is 7.22. The van der Waals surface area contributed by atoms with Gasteiger partial charge in [-0.2, -0.15) is 0 Å². The molecule has 0 aliphatic heterocycles. The molecule has 0 fully saturated rings. The maximum Gasteiger partial charge on any atom is 0.0280 e. The van der Waals surface area contributed by atoms with Crippen molar-refractivity contribution in [3.05, 3.63) is 94.0 Å². The van der Waals surface area contributed by atoms with Crippen LogP contribution in [0.1, 0.15) is 68.6 Å². The third-order valence-corrected chi connectivity index (χ3v) is 21.6. The van der Waals surface area contributed by atoms with E-state index in [-0.39, 0.29) is 0 Å². The fourth-order valence-electron chi connectivity index (χ4n) is 4.03. The van der Waals surface area contributed by atoms with Gasteiger partial charge in [-0.3, -0.25) is 0 Å². The van der Waals surface area contributed by atoms with E-state index in [9.17, 15) is 0 Å². The SMILES string of the molecule is [2H]C([2H])([2H])c1cccc[c]1[Sn]([CH2]CCC)([CH2]CCC)[c]1ccccc1C([2H])([2H])[2H].[2H]C([2H])([2H])c1ccccc1Br. The summed E-state index contributed by atoms with van der Waals surface area (Å²) in [4.78, 5) is 0. The van der Waals surface area contributed by atoms with E-state index in [0.29, 0.717) is 21.2 Å². The van der Waals surface area contributed by atoms with Crippen molar-refractivity contribution in [1.29, 1.82) is 0 Å². The fourth-order valence-corrected chi connectivity index (χ4v) is 20.2. The summed E-state index contributed by atoms with van der Waals surface area (Å²) in [6, 6.07) is 21.7. The molecule has 0 amide bonds. The smallest absolute Gasteiger partial charge is 0.0280 e. The summed E-state index contributed by atoms with van der Waals surface area (Å²) in [5, 5.41) is 0. The van der Waals surface area contributed by atoms with E-state index in [1.807, 2.05) is 24.3 Å². The third-order valence-electron chi connectivity index (χ3n) is 5.67. The standard InChI is InChI=1S/C7H7Br.2C7H7.2C4H9.Sn/c1-6-4-2-3-5-7(6)8;2*1-7-5-3-2-4-6-7;2*1-3-4-2;/h2-5H,1H3;2*2-5H,1H3;2*1,3-4H2,2H3;/i3*1D3;;;. The molecule has 0 N–H and O–H groups in total. The van der Waals surface area contributed by atoms with Crippen LogP contribution in [0.5, 0.6) is 0 Å². The van der Waals surface area contributed by atoms with Gasteiger partial charge >= 0.3 is 156 Å². The fraction of sp³-hybridized carbons (Fsp3) is 0.379. The maximum absolute atomic E-state index is 8.14. The van der Waals surface area contributed by atoms with Crippen LogP contribution in [0.25, 0.3) is 0 Å². The zero-order chi connectivity index (χ0) is 30.2. The van der Waals surface area contributed by atoms with Gasteiger partial charge in [0.2, 0.25) is 0 Å². The number of rotatable bonds is 8. The number of hydrogen-bond acceptors (Lipinski definition) is 0.